The van der Waals surface area contributed by atoms with Crippen molar-refractivity contribution in [3.05, 3.63) is 30.5 Å². The van der Waals surface area contributed by atoms with Crippen molar-refractivity contribution < 1.29 is 9.53 Å². The number of para-hydroxylation sites is 1. The van der Waals surface area contributed by atoms with Crippen LogP contribution in [0, 0.1) is 0 Å². The van der Waals surface area contributed by atoms with Gasteiger partial charge in [-0.05, 0) is 6.07 Å². The van der Waals surface area contributed by atoms with E-state index in [1.807, 2.05) is 24.3 Å². The van der Waals surface area contributed by atoms with Crippen molar-refractivity contribution in [3.8, 4) is 0 Å². The first-order valence-corrected chi connectivity index (χ1v) is 4.43. The number of H-pyrrole nitrogens is 1. The number of nitrogens with two attached hydrogens (primary N) is 1. The number of anilines is 1. The molecule has 0 aliphatic carbocycles. The van der Waals surface area contributed by atoms with Crippen LogP contribution in [0.4, 0.5) is 10.5 Å². The van der Waals surface area contributed by atoms with Crippen LogP contribution in [0.1, 0.15) is 0 Å². The number of methoxy groups -OCH3 is 1. The summed E-state index contributed by atoms with van der Waals surface area (Å²) >= 11 is 0. The Morgan fingerprint density at radius 2 is 2.20 bits per heavy atom. The second-order valence-corrected chi connectivity index (χ2v) is 3.06. The number of hydrogen-bond donors (Lipinski definition) is 2. The SMILES string of the molecule is COC(=O)N(N)c1c[nH]c2ccccc12. The number of fused-ring (bicyclic) bond motifs is 1. The molecule has 0 saturated heterocycles. The quantitative estimate of drug-likeness (QED) is 0.422. The molecule has 0 spiro atoms. The number of rotatable bonds is 1. The van der Waals surface area contributed by atoms with Gasteiger partial charge in [0.2, 0.25) is 0 Å². The first-order valence-electron chi connectivity index (χ1n) is 4.43. The van der Waals surface area contributed by atoms with Gasteiger partial charge in [0, 0.05) is 17.1 Å². The molecule has 0 unspecified atom stereocenters. The van der Waals surface area contributed by atoms with Gasteiger partial charge in [0.1, 0.15) is 0 Å². The summed E-state index contributed by atoms with van der Waals surface area (Å²) < 4.78 is 4.53. The molecule has 2 aromatic rings. The molecular weight excluding hydrogens is 194 g/mol. The first kappa shape index (κ1) is 9.54. The number of hydrogen-bond acceptors (Lipinski definition) is 3. The minimum atomic E-state index is -0.597. The number of aromatic amines is 1. The third-order valence-corrected chi connectivity index (χ3v) is 2.20. The lowest BCUT2D eigenvalue weighted by atomic mass is 10.2. The number of carbonyl (C=O) groups excluding carboxylic acids is 1. The van der Waals surface area contributed by atoms with Crippen LogP contribution in [0.15, 0.2) is 30.5 Å². The monoisotopic (exact) mass is 205 g/mol. The minimum absolute atomic E-state index is 0.595. The highest BCUT2D eigenvalue weighted by atomic mass is 16.5. The average molecular weight is 205 g/mol. The van der Waals surface area contributed by atoms with Gasteiger partial charge in [0.05, 0.1) is 12.8 Å². The lowest BCUT2D eigenvalue weighted by molar-refractivity contribution is 0.179. The maximum Gasteiger partial charge on any atom is 0.428 e. The third-order valence-electron chi connectivity index (χ3n) is 2.20. The van der Waals surface area contributed by atoms with E-state index in [4.69, 9.17) is 5.84 Å². The number of hydrazine groups is 1. The highest BCUT2D eigenvalue weighted by Gasteiger charge is 2.15. The molecule has 0 aliphatic rings. The normalized spacial score (nSPS) is 10.3. The standard InChI is InChI=1S/C10H11N3O2/c1-15-10(14)13(11)9-6-12-8-5-3-2-4-7(8)9/h2-6,12H,11H2,1H3. The lowest BCUT2D eigenvalue weighted by Crippen LogP contribution is -2.37. The van der Waals surface area contributed by atoms with E-state index in [-0.39, 0.29) is 0 Å². The van der Waals surface area contributed by atoms with Crippen molar-refractivity contribution in [2.75, 3.05) is 12.1 Å². The van der Waals surface area contributed by atoms with Crippen molar-refractivity contribution in [2.45, 2.75) is 0 Å². The van der Waals surface area contributed by atoms with Crippen LogP contribution in [-0.2, 0) is 4.74 Å². The van der Waals surface area contributed by atoms with E-state index in [9.17, 15) is 4.79 Å². The number of nitrogens with one attached hydrogen (secondary N) is 1. The van der Waals surface area contributed by atoms with Crippen LogP contribution in [0.3, 0.4) is 0 Å². The Bertz CT molecular complexity index is 492. The molecule has 0 radical (unpaired) electrons. The van der Waals surface area contributed by atoms with E-state index in [2.05, 4.69) is 9.72 Å². The van der Waals surface area contributed by atoms with Gasteiger partial charge >= 0.3 is 6.09 Å². The second kappa shape index (κ2) is 3.62. The van der Waals surface area contributed by atoms with Crippen molar-refractivity contribution in [1.82, 2.24) is 4.98 Å². The van der Waals surface area contributed by atoms with Gasteiger partial charge in [0.15, 0.2) is 0 Å². The van der Waals surface area contributed by atoms with E-state index in [1.54, 1.807) is 6.20 Å². The zero-order chi connectivity index (χ0) is 10.8. The molecule has 3 N–H and O–H groups in total. The van der Waals surface area contributed by atoms with E-state index in [0.29, 0.717) is 5.69 Å². The Kier molecular flexibility index (Phi) is 2.31. The number of nitrogens with zero attached hydrogens (tertiary/aromatic N) is 1. The van der Waals surface area contributed by atoms with Gasteiger partial charge in [0.25, 0.3) is 0 Å². The lowest BCUT2D eigenvalue weighted by Gasteiger charge is -2.13. The number of ether oxygens (including phenoxy) is 1. The van der Waals surface area contributed by atoms with Crippen LogP contribution >= 0.6 is 0 Å². The van der Waals surface area contributed by atoms with Crippen LogP contribution in [0.5, 0.6) is 0 Å². The zero-order valence-electron chi connectivity index (χ0n) is 8.23. The fourth-order valence-corrected chi connectivity index (χ4v) is 1.45. The molecule has 0 fully saturated rings. The van der Waals surface area contributed by atoms with Crippen LogP contribution in [0.25, 0.3) is 10.9 Å². The summed E-state index contributed by atoms with van der Waals surface area (Å²) in [6, 6.07) is 7.57. The largest absolute Gasteiger partial charge is 0.452 e. The Morgan fingerprint density at radius 1 is 1.47 bits per heavy atom. The fourth-order valence-electron chi connectivity index (χ4n) is 1.45. The molecule has 1 aromatic heterocycles. The summed E-state index contributed by atoms with van der Waals surface area (Å²) in [7, 11) is 1.29. The van der Waals surface area contributed by atoms with Gasteiger partial charge in [-0.25, -0.2) is 15.6 Å². The molecule has 5 heteroatoms. The van der Waals surface area contributed by atoms with E-state index in [1.165, 1.54) is 7.11 Å². The summed E-state index contributed by atoms with van der Waals surface area (Å²) in [5, 5.41) is 1.85. The molecule has 1 aromatic carbocycles. The fraction of sp³-hybridized carbons (Fsp3) is 0.100. The average Bonchev–Trinajstić information content (AvgIpc) is 2.70. The Balaban J connectivity index is 2.48. The molecule has 1 heterocycles. The van der Waals surface area contributed by atoms with E-state index >= 15 is 0 Å². The van der Waals surface area contributed by atoms with Crippen molar-refractivity contribution in [1.29, 1.82) is 0 Å². The predicted octanol–water partition coefficient (Wildman–Crippen LogP) is 1.61. The predicted molar refractivity (Wildman–Crippen MR) is 57.4 cm³/mol. The summed E-state index contributed by atoms with van der Waals surface area (Å²) in [5.74, 6) is 5.60. The molecule has 78 valence electrons. The zero-order valence-corrected chi connectivity index (χ0v) is 8.23. The van der Waals surface area contributed by atoms with Gasteiger partial charge in [-0.2, -0.15) is 0 Å². The van der Waals surface area contributed by atoms with Gasteiger partial charge in [-0.3, -0.25) is 0 Å². The number of aromatic nitrogens is 1. The summed E-state index contributed by atoms with van der Waals surface area (Å²) in [5.41, 5.74) is 1.52. The van der Waals surface area contributed by atoms with E-state index in [0.717, 1.165) is 15.9 Å². The van der Waals surface area contributed by atoms with Gasteiger partial charge < -0.3 is 9.72 Å². The van der Waals surface area contributed by atoms with Crippen LogP contribution in [-0.4, -0.2) is 18.2 Å². The molecular formula is C10H11N3O2. The molecule has 1 amide bonds. The smallest absolute Gasteiger partial charge is 0.428 e. The van der Waals surface area contributed by atoms with Gasteiger partial charge in [-0.1, -0.05) is 18.2 Å². The Morgan fingerprint density at radius 3 is 2.93 bits per heavy atom. The maximum absolute atomic E-state index is 11.2. The summed E-state index contributed by atoms with van der Waals surface area (Å²) in [6.45, 7) is 0. The van der Waals surface area contributed by atoms with Crippen molar-refractivity contribution in [3.63, 3.8) is 0 Å². The summed E-state index contributed by atoms with van der Waals surface area (Å²) in [6.07, 6.45) is 1.07. The molecule has 2 rings (SSSR count). The molecule has 5 nitrogen and oxygen atoms in total. The number of benzene rings is 1. The molecule has 15 heavy (non-hydrogen) atoms. The number of amides is 1. The highest BCUT2D eigenvalue weighted by molar-refractivity contribution is 6.00. The second-order valence-electron chi connectivity index (χ2n) is 3.06. The topological polar surface area (TPSA) is 71.3 Å². The van der Waals surface area contributed by atoms with Crippen molar-refractivity contribution >= 4 is 22.7 Å². The van der Waals surface area contributed by atoms with Gasteiger partial charge in [-0.15, -0.1) is 0 Å². The van der Waals surface area contributed by atoms with Crippen LogP contribution < -0.4 is 10.9 Å². The Hall–Kier alpha value is -2.01. The molecule has 0 aliphatic heterocycles. The molecule has 0 saturated carbocycles. The molecule has 0 atom stereocenters. The van der Waals surface area contributed by atoms with Crippen LogP contribution in [0.2, 0.25) is 0 Å². The van der Waals surface area contributed by atoms with E-state index < -0.39 is 6.09 Å². The maximum atomic E-state index is 11.2. The molecule has 0 bridgehead atoms. The minimum Gasteiger partial charge on any atom is -0.452 e. The first-order chi connectivity index (χ1) is 7.24. The number of carbonyl (C=O) groups is 1. The summed E-state index contributed by atoms with van der Waals surface area (Å²) in [4.78, 5) is 14.2. The highest BCUT2D eigenvalue weighted by Crippen LogP contribution is 2.24. The third kappa shape index (κ3) is 1.53. The Labute approximate surface area is 86.4 Å². The van der Waals surface area contributed by atoms with Crippen molar-refractivity contribution in [2.24, 2.45) is 5.84 Å².